The van der Waals surface area contributed by atoms with Gasteiger partial charge in [0.25, 0.3) is 0 Å². The van der Waals surface area contributed by atoms with Gasteiger partial charge in [-0.25, -0.2) is 8.78 Å². The zero-order valence-electron chi connectivity index (χ0n) is 6.37. The Morgan fingerprint density at radius 1 is 1.50 bits per heavy atom. The van der Waals surface area contributed by atoms with E-state index >= 15 is 0 Å². The fourth-order valence-corrected chi connectivity index (χ4v) is 1.13. The summed E-state index contributed by atoms with van der Waals surface area (Å²) in [5.41, 5.74) is -0.181. The molecular weight excluding hydrogens is 186 g/mol. The highest BCUT2D eigenvalue weighted by Crippen LogP contribution is 2.24. The third kappa shape index (κ3) is 1.42. The summed E-state index contributed by atoms with van der Waals surface area (Å²) in [6.07, 6.45) is 0. The lowest BCUT2D eigenvalue weighted by Crippen LogP contribution is -1.97. The Balaban J connectivity index is 3.40. The molecule has 0 unspecified atom stereocenters. The Morgan fingerprint density at radius 3 is 2.58 bits per heavy atom. The molecular formula is C8H7ClF2O. The predicted octanol–water partition coefficient (Wildman–Crippen LogP) is 2.42. The molecule has 1 aromatic rings. The van der Waals surface area contributed by atoms with Crippen LogP contribution in [0, 0.1) is 18.6 Å². The molecule has 0 amide bonds. The molecule has 1 aromatic carbocycles. The van der Waals surface area contributed by atoms with Crippen molar-refractivity contribution in [2.45, 2.75) is 13.5 Å². The highest BCUT2D eigenvalue weighted by atomic mass is 35.5. The first-order valence-corrected chi connectivity index (χ1v) is 3.69. The van der Waals surface area contributed by atoms with Gasteiger partial charge in [-0.05, 0) is 13.0 Å². The van der Waals surface area contributed by atoms with Gasteiger partial charge < -0.3 is 5.11 Å². The summed E-state index contributed by atoms with van der Waals surface area (Å²) in [4.78, 5) is 0. The molecule has 1 nitrogen and oxygen atoms in total. The van der Waals surface area contributed by atoms with E-state index in [1.165, 1.54) is 6.92 Å². The first-order chi connectivity index (χ1) is 5.57. The second-order valence-corrected chi connectivity index (χ2v) is 2.82. The minimum atomic E-state index is -0.775. The van der Waals surface area contributed by atoms with Crippen molar-refractivity contribution in [3.05, 3.63) is 33.9 Å². The van der Waals surface area contributed by atoms with Crippen LogP contribution in [0.15, 0.2) is 6.07 Å². The zero-order valence-corrected chi connectivity index (χ0v) is 7.12. The topological polar surface area (TPSA) is 20.2 Å². The molecule has 1 N–H and O–H groups in total. The van der Waals surface area contributed by atoms with Crippen molar-refractivity contribution in [2.24, 2.45) is 0 Å². The standard InChI is InChI=1S/C8H7ClF2O/c1-4-7(10)2-6(9)5(3-12)8(4)11/h2,12H,3H2,1H3. The Hall–Kier alpha value is -0.670. The van der Waals surface area contributed by atoms with Crippen LogP contribution in [0.25, 0.3) is 0 Å². The number of aliphatic hydroxyl groups is 1. The van der Waals surface area contributed by atoms with Crippen LogP contribution in [0.1, 0.15) is 11.1 Å². The molecule has 0 heterocycles. The van der Waals surface area contributed by atoms with Crippen molar-refractivity contribution in [3.8, 4) is 0 Å². The molecule has 0 saturated carbocycles. The van der Waals surface area contributed by atoms with Gasteiger partial charge in [-0.2, -0.15) is 0 Å². The molecule has 0 aliphatic heterocycles. The van der Waals surface area contributed by atoms with Gasteiger partial charge in [0.05, 0.1) is 11.6 Å². The molecule has 66 valence electrons. The monoisotopic (exact) mass is 192 g/mol. The van der Waals surface area contributed by atoms with Gasteiger partial charge in [-0.3, -0.25) is 0 Å². The lowest BCUT2D eigenvalue weighted by Gasteiger charge is -2.05. The van der Waals surface area contributed by atoms with E-state index < -0.39 is 18.2 Å². The average Bonchev–Trinajstić information content (AvgIpc) is 2.01. The molecule has 0 saturated heterocycles. The molecule has 0 aromatic heterocycles. The molecule has 0 radical (unpaired) electrons. The smallest absolute Gasteiger partial charge is 0.136 e. The maximum absolute atomic E-state index is 13.0. The van der Waals surface area contributed by atoms with Crippen LogP contribution in [0.2, 0.25) is 5.02 Å². The molecule has 12 heavy (non-hydrogen) atoms. The first-order valence-electron chi connectivity index (χ1n) is 3.31. The number of aliphatic hydroxyl groups excluding tert-OH is 1. The van der Waals surface area contributed by atoms with Crippen molar-refractivity contribution < 1.29 is 13.9 Å². The second-order valence-electron chi connectivity index (χ2n) is 2.42. The van der Waals surface area contributed by atoms with Gasteiger partial charge in [0.15, 0.2) is 0 Å². The predicted molar refractivity (Wildman–Crippen MR) is 42.0 cm³/mol. The van der Waals surface area contributed by atoms with Gasteiger partial charge in [0.1, 0.15) is 11.6 Å². The fourth-order valence-electron chi connectivity index (χ4n) is 0.888. The molecule has 0 aliphatic rings. The van der Waals surface area contributed by atoms with Crippen LogP contribution in [0.4, 0.5) is 8.78 Å². The van der Waals surface area contributed by atoms with Crippen LogP contribution in [0.3, 0.4) is 0 Å². The quantitative estimate of drug-likeness (QED) is 0.725. The van der Waals surface area contributed by atoms with Crippen molar-refractivity contribution >= 4 is 11.6 Å². The summed E-state index contributed by atoms with van der Waals surface area (Å²) in [6.45, 7) is 0.770. The van der Waals surface area contributed by atoms with Crippen LogP contribution in [-0.4, -0.2) is 5.11 Å². The van der Waals surface area contributed by atoms with E-state index in [1.807, 2.05) is 0 Å². The van der Waals surface area contributed by atoms with E-state index in [1.54, 1.807) is 0 Å². The maximum atomic E-state index is 13.0. The number of benzene rings is 1. The van der Waals surface area contributed by atoms with Crippen molar-refractivity contribution in [1.29, 1.82) is 0 Å². The minimum absolute atomic E-state index is 0.0597. The van der Waals surface area contributed by atoms with E-state index in [2.05, 4.69) is 0 Å². The summed E-state index contributed by atoms with van der Waals surface area (Å²) in [5, 5.41) is 8.58. The van der Waals surface area contributed by atoms with Crippen molar-refractivity contribution in [1.82, 2.24) is 0 Å². The number of hydrogen-bond donors (Lipinski definition) is 1. The zero-order chi connectivity index (χ0) is 9.30. The van der Waals surface area contributed by atoms with Crippen LogP contribution in [0.5, 0.6) is 0 Å². The van der Waals surface area contributed by atoms with E-state index in [0.29, 0.717) is 0 Å². The Bertz CT molecular complexity index is 312. The normalized spacial score (nSPS) is 10.4. The van der Waals surface area contributed by atoms with E-state index in [-0.39, 0.29) is 16.1 Å². The molecule has 0 aliphatic carbocycles. The van der Waals surface area contributed by atoms with Crippen LogP contribution >= 0.6 is 11.6 Å². The van der Waals surface area contributed by atoms with Gasteiger partial charge in [-0.15, -0.1) is 0 Å². The van der Waals surface area contributed by atoms with E-state index in [9.17, 15) is 8.78 Å². The lowest BCUT2D eigenvalue weighted by atomic mass is 10.1. The summed E-state index contributed by atoms with van der Waals surface area (Å²) in [7, 11) is 0. The van der Waals surface area contributed by atoms with Gasteiger partial charge in [-0.1, -0.05) is 11.6 Å². The second kappa shape index (κ2) is 3.37. The summed E-state index contributed by atoms with van der Waals surface area (Å²) in [6, 6.07) is 0.992. The number of halogens is 3. The molecule has 0 bridgehead atoms. The third-order valence-electron chi connectivity index (χ3n) is 1.65. The first kappa shape index (κ1) is 9.42. The third-order valence-corrected chi connectivity index (χ3v) is 1.99. The highest BCUT2D eigenvalue weighted by molar-refractivity contribution is 6.31. The molecule has 1 rings (SSSR count). The van der Waals surface area contributed by atoms with Crippen LogP contribution in [-0.2, 0) is 6.61 Å². The lowest BCUT2D eigenvalue weighted by molar-refractivity contribution is 0.275. The number of rotatable bonds is 1. The van der Waals surface area contributed by atoms with Gasteiger partial charge >= 0.3 is 0 Å². The Kier molecular flexibility index (Phi) is 2.65. The average molecular weight is 193 g/mol. The SMILES string of the molecule is Cc1c(F)cc(Cl)c(CO)c1F. The van der Waals surface area contributed by atoms with E-state index in [0.717, 1.165) is 6.07 Å². The van der Waals surface area contributed by atoms with Gasteiger partial charge in [0, 0.05) is 11.1 Å². The van der Waals surface area contributed by atoms with E-state index in [4.69, 9.17) is 16.7 Å². The molecule has 0 spiro atoms. The minimum Gasteiger partial charge on any atom is -0.392 e. The summed E-state index contributed by atoms with van der Waals surface area (Å²) < 4.78 is 25.8. The van der Waals surface area contributed by atoms with Gasteiger partial charge in [0.2, 0.25) is 0 Å². The Labute approximate surface area is 73.6 Å². The molecule has 0 fully saturated rings. The molecule has 0 atom stereocenters. The maximum Gasteiger partial charge on any atom is 0.136 e. The number of hydrogen-bond acceptors (Lipinski definition) is 1. The van der Waals surface area contributed by atoms with Crippen LogP contribution < -0.4 is 0 Å². The van der Waals surface area contributed by atoms with Crippen molar-refractivity contribution in [2.75, 3.05) is 0 Å². The summed E-state index contributed by atoms with van der Waals surface area (Å²) >= 11 is 5.47. The Morgan fingerprint density at radius 2 is 2.08 bits per heavy atom. The fraction of sp³-hybridized carbons (Fsp3) is 0.250. The molecule has 4 heteroatoms. The van der Waals surface area contributed by atoms with Crippen molar-refractivity contribution in [3.63, 3.8) is 0 Å². The summed E-state index contributed by atoms with van der Waals surface area (Å²) in [5.74, 6) is -1.47. The highest BCUT2D eigenvalue weighted by Gasteiger charge is 2.13. The largest absolute Gasteiger partial charge is 0.392 e.